The lowest BCUT2D eigenvalue weighted by Crippen LogP contribution is -1.76. The number of aryl methyl sites for hydroxylation is 1. The quantitative estimate of drug-likeness (QED) is 0.487. The molecule has 0 aliphatic rings. The predicted molar refractivity (Wildman–Crippen MR) is 48.8 cm³/mol. The van der Waals surface area contributed by atoms with Crippen molar-refractivity contribution in [1.29, 1.82) is 0 Å². The fraction of sp³-hybridized carbons (Fsp3) is 0.222. The summed E-state index contributed by atoms with van der Waals surface area (Å²) in [6.07, 6.45) is 2.77. The molecule has 0 spiro atoms. The highest BCUT2D eigenvalue weighted by molar-refractivity contribution is 7.10. The van der Waals surface area contributed by atoms with Gasteiger partial charge in [-0.15, -0.1) is 11.3 Å². The fourth-order valence-corrected chi connectivity index (χ4v) is 1.51. The molecule has 0 saturated carbocycles. The monoisotopic (exact) mass is 166 g/mol. The Morgan fingerprint density at radius 2 is 2.36 bits per heavy atom. The maximum Gasteiger partial charge on any atom is 0.145 e. The third-order valence-electron chi connectivity index (χ3n) is 1.47. The maximum absolute atomic E-state index is 10.3. The summed E-state index contributed by atoms with van der Waals surface area (Å²) in [6, 6.07) is 2.02. The summed E-state index contributed by atoms with van der Waals surface area (Å²) in [4.78, 5) is 11.5. The lowest BCUT2D eigenvalue weighted by atomic mass is 10.2. The number of carbonyl (C=O) groups is 1. The van der Waals surface area contributed by atoms with Crippen molar-refractivity contribution in [3.05, 3.63) is 27.5 Å². The molecule has 58 valence electrons. The lowest BCUT2D eigenvalue weighted by Gasteiger charge is -1.89. The molecule has 0 fully saturated rings. The zero-order valence-corrected chi connectivity index (χ0v) is 7.44. The average molecular weight is 166 g/mol. The summed E-state index contributed by atoms with van der Waals surface area (Å²) in [5, 5.41) is 2.03. The van der Waals surface area contributed by atoms with Gasteiger partial charge in [-0.1, -0.05) is 0 Å². The van der Waals surface area contributed by atoms with E-state index in [0.29, 0.717) is 0 Å². The Morgan fingerprint density at radius 1 is 1.64 bits per heavy atom. The van der Waals surface area contributed by atoms with Crippen molar-refractivity contribution < 1.29 is 4.79 Å². The zero-order chi connectivity index (χ0) is 8.27. The molecular formula is C9H10OS. The molecule has 1 nitrogen and oxygen atoms in total. The van der Waals surface area contributed by atoms with Gasteiger partial charge in [-0.2, -0.15) is 0 Å². The Morgan fingerprint density at radius 3 is 2.82 bits per heavy atom. The molecule has 1 rings (SSSR count). The second-order valence-electron chi connectivity index (χ2n) is 2.44. The van der Waals surface area contributed by atoms with E-state index < -0.39 is 0 Å². The highest BCUT2D eigenvalue weighted by Crippen LogP contribution is 2.17. The third kappa shape index (κ3) is 2.02. The Hall–Kier alpha value is -0.890. The molecule has 1 heterocycles. The van der Waals surface area contributed by atoms with Gasteiger partial charge in [0.15, 0.2) is 0 Å². The molecule has 1 aromatic heterocycles. The van der Waals surface area contributed by atoms with E-state index in [1.807, 2.05) is 24.4 Å². The topological polar surface area (TPSA) is 17.1 Å². The first-order valence-corrected chi connectivity index (χ1v) is 4.29. The number of rotatable bonds is 2. The molecule has 0 saturated heterocycles. The highest BCUT2D eigenvalue weighted by Gasteiger charge is 1.94. The predicted octanol–water partition coefficient (Wildman–Crippen LogP) is 2.66. The van der Waals surface area contributed by atoms with Crippen LogP contribution in [0.1, 0.15) is 17.4 Å². The van der Waals surface area contributed by atoms with Crippen LogP contribution in [0.4, 0.5) is 0 Å². The van der Waals surface area contributed by atoms with Crippen LogP contribution >= 0.6 is 11.3 Å². The summed E-state index contributed by atoms with van der Waals surface area (Å²) in [5.74, 6) is 0. The van der Waals surface area contributed by atoms with Crippen LogP contribution in [-0.4, -0.2) is 6.29 Å². The van der Waals surface area contributed by atoms with Crippen LogP contribution in [0.5, 0.6) is 0 Å². The van der Waals surface area contributed by atoms with E-state index in [2.05, 4.69) is 6.92 Å². The number of thiophene rings is 1. The Labute approximate surface area is 70.4 Å². The van der Waals surface area contributed by atoms with E-state index in [1.165, 1.54) is 4.88 Å². The van der Waals surface area contributed by atoms with Gasteiger partial charge in [0.25, 0.3) is 0 Å². The number of hydrogen-bond donors (Lipinski definition) is 0. The minimum atomic E-state index is 0.770. The lowest BCUT2D eigenvalue weighted by molar-refractivity contribution is -0.104. The number of aldehydes is 1. The van der Waals surface area contributed by atoms with Crippen LogP contribution < -0.4 is 0 Å². The van der Waals surface area contributed by atoms with E-state index in [-0.39, 0.29) is 0 Å². The van der Waals surface area contributed by atoms with Gasteiger partial charge in [0.2, 0.25) is 0 Å². The molecule has 0 radical (unpaired) electrons. The molecule has 0 aromatic carbocycles. The van der Waals surface area contributed by atoms with Crippen LogP contribution in [0.3, 0.4) is 0 Å². The summed E-state index contributed by atoms with van der Waals surface area (Å²) >= 11 is 1.70. The van der Waals surface area contributed by atoms with Gasteiger partial charge >= 0.3 is 0 Å². The smallest absolute Gasteiger partial charge is 0.145 e. The summed E-state index contributed by atoms with van der Waals surface area (Å²) in [6.45, 7) is 3.86. The van der Waals surface area contributed by atoms with Crippen molar-refractivity contribution in [3.63, 3.8) is 0 Å². The first kappa shape index (κ1) is 8.21. The molecule has 0 aliphatic heterocycles. The Bertz CT molecular complexity index is 284. The molecule has 11 heavy (non-hydrogen) atoms. The van der Waals surface area contributed by atoms with Crippen LogP contribution in [0.25, 0.3) is 6.08 Å². The molecule has 0 bridgehead atoms. The van der Waals surface area contributed by atoms with E-state index in [4.69, 9.17) is 0 Å². The SMILES string of the molecule is C/C(C=O)=C\c1ccsc1C. The first-order chi connectivity index (χ1) is 5.24. The summed E-state index contributed by atoms with van der Waals surface area (Å²) in [5.41, 5.74) is 1.92. The Kier molecular flexibility index (Phi) is 2.60. The average Bonchev–Trinajstić information content (AvgIpc) is 2.37. The summed E-state index contributed by atoms with van der Waals surface area (Å²) in [7, 11) is 0. The number of carbonyl (C=O) groups excluding carboxylic acids is 1. The minimum absolute atomic E-state index is 0.770. The normalized spacial score (nSPS) is 11.6. The molecular weight excluding hydrogens is 156 g/mol. The number of allylic oxidation sites excluding steroid dienone is 1. The van der Waals surface area contributed by atoms with Crippen LogP contribution in [0, 0.1) is 6.92 Å². The maximum atomic E-state index is 10.3. The van der Waals surface area contributed by atoms with E-state index >= 15 is 0 Å². The highest BCUT2D eigenvalue weighted by atomic mass is 32.1. The van der Waals surface area contributed by atoms with Crippen molar-refractivity contribution in [2.45, 2.75) is 13.8 Å². The van der Waals surface area contributed by atoms with Gasteiger partial charge in [0, 0.05) is 4.88 Å². The summed E-state index contributed by atoms with van der Waals surface area (Å²) < 4.78 is 0. The van der Waals surface area contributed by atoms with Crippen molar-refractivity contribution in [1.82, 2.24) is 0 Å². The molecule has 0 amide bonds. The standard InChI is InChI=1S/C9H10OS/c1-7(6-10)5-9-3-4-11-8(9)2/h3-6H,1-2H3/b7-5+. The van der Waals surface area contributed by atoms with E-state index in [1.54, 1.807) is 11.3 Å². The van der Waals surface area contributed by atoms with Crippen molar-refractivity contribution in [2.24, 2.45) is 0 Å². The zero-order valence-electron chi connectivity index (χ0n) is 6.63. The van der Waals surface area contributed by atoms with Crippen molar-refractivity contribution in [2.75, 3.05) is 0 Å². The molecule has 0 N–H and O–H groups in total. The minimum Gasteiger partial charge on any atom is -0.298 e. The third-order valence-corrected chi connectivity index (χ3v) is 2.33. The van der Waals surface area contributed by atoms with Crippen LogP contribution in [0.2, 0.25) is 0 Å². The molecule has 0 unspecified atom stereocenters. The largest absolute Gasteiger partial charge is 0.298 e. The van der Waals surface area contributed by atoms with Gasteiger partial charge in [-0.25, -0.2) is 0 Å². The fourth-order valence-electron chi connectivity index (χ4n) is 0.824. The van der Waals surface area contributed by atoms with Gasteiger partial charge < -0.3 is 0 Å². The van der Waals surface area contributed by atoms with Gasteiger partial charge in [0.05, 0.1) is 0 Å². The molecule has 2 heteroatoms. The molecule has 1 aromatic rings. The van der Waals surface area contributed by atoms with Gasteiger partial charge in [-0.3, -0.25) is 4.79 Å². The Balaban J connectivity index is 2.94. The van der Waals surface area contributed by atoms with Gasteiger partial charge in [0.1, 0.15) is 6.29 Å². The number of hydrogen-bond acceptors (Lipinski definition) is 2. The van der Waals surface area contributed by atoms with Crippen LogP contribution in [0.15, 0.2) is 17.0 Å². The van der Waals surface area contributed by atoms with Gasteiger partial charge in [-0.05, 0) is 42.5 Å². The molecule has 0 aliphatic carbocycles. The van der Waals surface area contributed by atoms with E-state index in [9.17, 15) is 4.79 Å². The van der Waals surface area contributed by atoms with Crippen LogP contribution in [-0.2, 0) is 4.79 Å². The second-order valence-corrected chi connectivity index (χ2v) is 3.56. The van der Waals surface area contributed by atoms with Crippen molar-refractivity contribution in [3.8, 4) is 0 Å². The second kappa shape index (κ2) is 3.49. The van der Waals surface area contributed by atoms with Crippen molar-refractivity contribution >= 4 is 23.7 Å². The first-order valence-electron chi connectivity index (χ1n) is 3.41. The molecule has 0 atom stereocenters. The van der Waals surface area contributed by atoms with E-state index in [0.717, 1.165) is 17.4 Å².